The summed E-state index contributed by atoms with van der Waals surface area (Å²) in [5.41, 5.74) is -0.502. The summed E-state index contributed by atoms with van der Waals surface area (Å²) in [4.78, 5) is 2.13. The van der Waals surface area contributed by atoms with Crippen LogP contribution in [0.1, 0.15) is 33.1 Å². The molecule has 1 rings (SSSR count). The molecule has 0 aromatic rings. The van der Waals surface area contributed by atoms with Crippen LogP contribution in [0.25, 0.3) is 0 Å². The lowest BCUT2D eigenvalue weighted by molar-refractivity contribution is -0.102. The Kier molecular flexibility index (Phi) is 4.76. The first-order valence-corrected chi connectivity index (χ1v) is 7.88. The van der Waals surface area contributed by atoms with E-state index in [1.807, 2.05) is 0 Å². The Morgan fingerprint density at radius 2 is 1.94 bits per heavy atom. The van der Waals surface area contributed by atoms with Crippen LogP contribution in [0, 0.1) is 0 Å². The second kappa shape index (κ2) is 5.47. The summed E-state index contributed by atoms with van der Waals surface area (Å²) >= 11 is 0. The Morgan fingerprint density at radius 3 is 2.44 bits per heavy atom. The lowest BCUT2D eigenvalue weighted by atomic mass is 9.89. The van der Waals surface area contributed by atoms with Crippen LogP contribution in [0.3, 0.4) is 0 Å². The molecule has 0 aromatic carbocycles. The molecule has 0 spiro atoms. The Morgan fingerprint density at radius 1 is 1.31 bits per heavy atom. The minimum atomic E-state index is -2.83. The lowest BCUT2D eigenvalue weighted by Gasteiger charge is -2.46. The van der Waals surface area contributed by atoms with Crippen LogP contribution in [0.2, 0.25) is 0 Å². The normalized spacial score (nSPS) is 20.7. The first-order chi connectivity index (χ1) is 7.41. The van der Waals surface area contributed by atoms with Crippen LogP contribution in [-0.4, -0.2) is 55.2 Å². The number of aliphatic hydroxyl groups is 1. The lowest BCUT2D eigenvalue weighted by Crippen LogP contribution is -2.61. The molecule has 1 aliphatic heterocycles. The molecule has 1 aliphatic rings. The van der Waals surface area contributed by atoms with Gasteiger partial charge in [0.05, 0.1) is 11.4 Å². The van der Waals surface area contributed by atoms with E-state index in [9.17, 15) is 13.5 Å². The zero-order valence-electron chi connectivity index (χ0n) is 10.3. The topological polar surface area (TPSA) is 57.6 Å². The maximum absolute atomic E-state index is 11.2. The maximum Gasteiger partial charge on any atom is 0.150 e. The molecule has 0 saturated carbocycles. The summed E-state index contributed by atoms with van der Waals surface area (Å²) in [6.45, 7) is 5.93. The fraction of sp³-hybridized carbons (Fsp3) is 1.00. The van der Waals surface area contributed by atoms with Crippen molar-refractivity contribution in [2.45, 2.75) is 38.7 Å². The third kappa shape index (κ3) is 4.03. The van der Waals surface area contributed by atoms with Crippen molar-refractivity contribution in [1.82, 2.24) is 4.90 Å². The predicted molar refractivity (Wildman–Crippen MR) is 65.2 cm³/mol. The highest BCUT2D eigenvalue weighted by atomic mass is 32.2. The Labute approximate surface area is 98.6 Å². The maximum atomic E-state index is 11.2. The molecule has 1 saturated heterocycles. The van der Waals surface area contributed by atoms with Crippen molar-refractivity contribution in [2.75, 3.05) is 31.1 Å². The number of hydrogen-bond donors (Lipinski definition) is 1. The first kappa shape index (κ1) is 13.9. The Bertz CT molecular complexity index is 307. The van der Waals surface area contributed by atoms with Crippen LogP contribution >= 0.6 is 0 Å². The highest BCUT2D eigenvalue weighted by Crippen LogP contribution is 2.25. The van der Waals surface area contributed by atoms with Gasteiger partial charge in [-0.05, 0) is 19.4 Å². The van der Waals surface area contributed by atoms with Crippen LogP contribution in [0.15, 0.2) is 0 Å². The van der Waals surface area contributed by atoms with Gasteiger partial charge in [0.1, 0.15) is 9.84 Å². The molecule has 1 heterocycles. The second-order valence-electron chi connectivity index (χ2n) is 4.77. The van der Waals surface area contributed by atoms with Gasteiger partial charge >= 0.3 is 0 Å². The largest absolute Gasteiger partial charge is 0.387 e. The predicted octanol–water partition coefficient (Wildman–Crippen LogP) is 0.658. The quantitative estimate of drug-likeness (QED) is 0.720. The SMILES string of the molecule is CCCC1(O)CN(CCCS(=O)(=O)CC)C1. The van der Waals surface area contributed by atoms with E-state index in [2.05, 4.69) is 11.8 Å². The van der Waals surface area contributed by atoms with E-state index >= 15 is 0 Å². The molecular weight excluding hydrogens is 226 g/mol. The van der Waals surface area contributed by atoms with Crippen molar-refractivity contribution in [3.8, 4) is 0 Å². The van der Waals surface area contributed by atoms with Gasteiger partial charge in [-0.15, -0.1) is 0 Å². The molecule has 0 atom stereocenters. The molecule has 0 radical (unpaired) electrons. The number of β-amino-alcohol motifs (C(OH)–C–C–N with tert-alkyl or cyclic N) is 1. The van der Waals surface area contributed by atoms with E-state index in [0.717, 1.165) is 19.4 Å². The van der Waals surface area contributed by atoms with Crippen molar-refractivity contribution >= 4 is 9.84 Å². The monoisotopic (exact) mass is 249 g/mol. The fourth-order valence-electron chi connectivity index (χ4n) is 2.22. The molecule has 1 fully saturated rings. The van der Waals surface area contributed by atoms with Gasteiger partial charge < -0.3 is 5.11 Å². The second-order valence-corrected chi connectivity index (χ2v) is 7.25. The van der Waals surface area contributed by atoms with E-state index < -0.39 is 15.4 Å². The zero-order chi connectivity index (χ0) is 12.2. The Balaban J connectivity index is 2.14. The molecule has 96 valence electrons. The van der Waals surface area contributed by atoms with Crippen molar-refractivity contribution in [1.29, 1.82) is 0 Å². The summed E-state index contributed by atoms with van der Waals surface area (Å²) in [5.74, 6) is 0.499. The Hall–Kier alpha value is -0.130. The number of sulfone groups is 1. The summed E-state index contributed by atoms with van der Waals surface area (Å²) in [7, 11) is -2.83. The highest BCUT2D eigenvalue weighted by molar-refractivity contribution is 7.91. The van der Waals surface area contributed by atoms with Crippen LogP contribution in [0.4, 0.5) is 0 Å². The average Bonchev–Trinajstić information content (AvgIpc) is 2.15. The van der Waals surface area contributed by atoms with E-state index in [0.29, 0.717) is 19.5 Å². The summed E-state index contributed by atoms with van der Waals surface area (Å²) < 4.78 is 22.5. The van der Waals surface area contributed by atoms with Crippen molar-refractivity contribution < 1.29 is 13.5 Å². The van der Waals surface area contributed by atoms with Crippen LogP contribution in [-0.2, 0) is 9.84 Å². The zero-order valence-corrected chi connectivity index (χ0v) is 11.1. The number of rotatable bonds is 7. The number of nitrogens with zero attached hydrogens (tertiary/aromatic N) is 1. The number of hydrogen-bond acceptors (Lipinski definition) is 4. The van der Waals surface area contributed by atoms with Gasteiger partial charge in [0.25, 0.3) is 0 Å². The third-order valence-electron chi connectivity index (χ3n) is 3.12. The fourth-order valence-corrected chi connectivity index (χ4v) is 3.08. The van der Waals surface area contributed by atoms with Crippen LogP contribution < -0.4 is 0 Å². The van der Waals surface area contributed by atoms with Gasteiger partial charge in [-0.25, -0.2) is 8.42 Å². The minimum absolute atomic E-state index is 0.229. The molecule has 4 nitrogen and oxygen atoms in total. The van der Waals surface area contributed by atoms with E-state index in [1.165, 1.54) is 0 Å². The molecular formula is C11H23NO3S. The molecule has 1 N–H and O–H groups in total. The highest BCUT2D eigenvalue weighted by Gasteiger charge is 2.39. The van der Waals surface area contributed by atoms with Crippen molar-refractivity contribution in [3.63, 3.8) is 0 Å². The molecule has 0 aliphatic carbocycles. The molecule has 0 amide bonds. The minimum Gasteiger partial charge on any atom is -0.387 e. The van der Waals surface area contributed by atoms with Crippen LogP contribution in [0.5, 0.6) is 0 Å². The van der Waals surface area contributed by atoms with Gasteiger partial charge in [0.15, 0.2) is 0 Å². The summed E-state index contributed by atoms with van der Waals surface area (Å²) in [6.07, 6.45) is 2.52. The standard InChI is InChI=1S/C11H23NO3S/c1-3-6-11(13)9-12(10-11)7-5-8-16(14,15)4-2/h13H,3-10H2,1-2H3. The molecule has 0 bridgehead atoms. The summed E-state index contributed by atoms with van der Waals surface area (Å²) in [6, 6.07) is 0. The van der Waals surface area contributed by atoms with Gasteiger partial charge in [-0.2, -0.15) is 0 Å². The van der Waals surface area contributed by atoms with E-state index in [1.54, 1.807) is 6.92 Å². The molecule has 5 heteroatoms. The summed E-state index contributed by atoms with van der Waals surface area (Å²) in [5, 5.41) is 9.93. The molecule has 0 aromatic heterocycles. The third-order valence-corrected chi connectivity index (χ3v) is 4.91. The molecule has 16 heavy (non-hydrogen) atoms. The first-order valence-electron chi connectivity index (χ1n) is 6.06. The van der Waals surface area contributed by atoms with Gasteiger partial charge in [0, 0.05) is 18.8 Å². The van der Waals surface area contributed by atoms with E-state index in [-0.39, 0.29) is 11.5 Å². The van der Waals surface area contributed by atoms with E-state index in [4.69, 9.17) is 0 Å². The van der Waals surface area contributed by atoms with Crippen molar-refractivity contribution in [2.24, 2.45) is 0 Å². The molecule has 0 unspecified atom stereocenters. The number of likely N-dealkylation sites (tertiary alicyclic amines) is 1. The van der Waals surface area contributed by atoms with Gasteiger partial charge in [-0.3, -0.25) is 4.90 Å². The van der Waals surface area contributed by atoms with Gasteiger partial charge in [0.2, 0.25) is 0 Å². The van der Waals surface area contributed by atoms with Crippen molar-refractivity contribution in [3.05, 3.63) is 0 Å². The van der Waals surface area contributed by atoms with Gasteiger partial charge in [-0.1, -0.05) is 20.3 Å². The smallest absolute Gasteiger partial charge is 0.150 e. The average molecular weight is 249 g/mol.